The van der Waals surface area contributed by atoms with Crippen LogP contribution in [0, 0.1) is 0 Å². The van der Waals surface area contributed by atoms with E-state index in [0.29, 0.717) is 15.8 Å². The third-order valence-corrected chi connectivity index (χ3v) is 2.82. The minimum atomic E-state index is -0.124. The highest BCUT2D eigenvalue weighted by Gasteiger charge is 2.11. The zero-order chi connectivity index (χ0) is 9.26. The molecule has 0 atom stereocenters. The Kier molecular flexibility index (Phi) is 2.35. The maximum absolute atomic E-state index is 8.92. The molecule has 0 fully saturated rings. The average molecular weight is 216 g/mol. The van der Waals surface area contributed by atoms with Crippen molar-refractivity contribution in [3.8, 4) is 10.6 Å². The first-order valence-corrected chi connectivity index (χ1v) is 4.79. The molecule has 0 aliphatic heterocycles. The van der Waals surface area contributed by atoms with Crippen LogP contribution < -0.4 is 0 Å². The standard InChI is InChI=1S/C8H6ClNO2S/c9-7-2-1-6(13-7)8-5(3-11)10-4-12-8/h1-2,4,11H,3H2. The molecule has 0 amide bonds. The molecule has 13 heavy (non-hydrogen) atoms. The molecule has 5 heteroatoms. The van der Waals surface area contributed by atoms with Gasteiger partial charge in [0.1, 0.15) is 5.69 Å². The van der Waals surface area contributed by atoms with Crippen LogP contribution in [0.3, 0.4) is 0 Å². The first kappa shape index (κ1) is 8.74. The van der Waals surface area contributed by atoms with E-state index >= 15 is 0 Å². The number of hydrogen-bond donors (Lipinski definition) is 1. The van der Waals surface area contributed by atoms with Crippen molar-refractivity contribution in [1.29, 1.82) is 0 Å². The predicted molar refractivity (Wildman–Crippen MR) is 50.7 cm³/mol. The van der Waals surface area contributed by atoms with Crippen molar-refractivity contribution in [2.75, 3.05) is 0 Å². The zero-order valence-electron chi connectivity index (χ0n) is 6.53. The largest absolute Gasteiger partial charge is 0.442 e. The minimum Gasteiger partial charge on any atom is -0.442 e. The lowest BCUT2D eigenvalue weighted by atomic mass is 10.3. The van der Waals surface area contributed by atoms with E-state index in [1.165, 1.54) is 17.7 Å². The second kappa shape index (κ2) is 3.49. The van der Waals surface area contributed by atoms with Crippen molar-refractivity contribution in [2.45, 2.75) is 6.61 Å². The van der Waals surface area contributed by atoms with Crippen LogP contribution in [0.2, 0.25) is 4.34 Å². The molecule has 0 saturated carbocycles. The average Bonchev–Trinajstić information content (AvgIpc) is 2.71. The summed E-state index contributed by atoms with van der Waals surface area (Å²) in [6, 6.07) is 3.62. The van der Waals surface area contributed by atoms with Crippen molar-refractivity contribution < 1.29 is 9.52 Å². The number of aliphatic hydroxyl groups excluding tert-OH is 1. The summed E-state index contributed by atoms with van der Waals surface area (Å²) in [5.41, 5.74) is 0.540. The normalized spacial score (nSPS) is 10.6. The molecular weight excluding hydrogens is 210 g/mol. The van der Waals surface area contributed by atoms with Crippen LogP contribution >= 0.6 is 22.9 Å². The second-order valence-electron chi connectivity index (χ2n) is 2.39. The molecule has 0 bridgehead atoms. The van der Waals surface area contributed by atoms with Gasteiger partial charge in [0.15, 0.2) is 12.2 Å². The van der Waals surface area contributed by atoms with Gasteiger partial charge in [-0.2, -0.15) is 0 Å². The summed E-state index contributed by atoms with van der Waals surface area (Å²) in [6.07, 6.45) is 1.31. The van der Waals surface area contributed by atoms with Crippen molar-refractivity contribution in [2.24, 2.45) is 0 Å². The Balaban J connectivity index is 2.45. The molecule has 0 aromatic carbocycles. The molecule has 1 N–H and O–H groups in total. The van der Waals surface area contributed by atoms with Gasteiger partial charge in [-0.05, 0) is 12.1 Å². The van der Waals surface area contributed by atoms with Gasteiger partial charge in [0, 0.05) is 0 Å². The zero-order valence-corrected chi connectivity index (χ0v) is 8.10. The van der Waals surface area contributed by atoms with E-state index in [0.717, 1.165) is 4.88 Å². The number of hydrogen-bond acceptors (Lipinski definition) is 4. The van der Waals surface area contributed by atoms with Gasteiger partial charge in [0.25, 0.3) is 0 Å². The molecule has 0 aliphatic rings. The monoisotopic (exact) mass is 215 g/mol. The minimum absolute atomic E-state index is 0.124. The van der Waals surface area contributed by atoms with Gasteiger partial charge in [-0.3, -0.25) is 0 Å². The topological polar surface area (TPSA) is 46.3 Å². The maximum atomic E-state index is 8.92. The highest BCUT2D eigenvalue weighted by atomic mass is 35.5. The molecule has 2 rings (SSSR count). The van der Waals surface area contributed by atoms with Gasteiger partial charge in [-0.1, -0.05) is 11.6 Å². The Morgan fingerprint density at radius 1 is 1.54 bits per heavy atom. The SMILES string of the molecule is OCc1ncoc1-c1ccc(Cl)s1. The Morgan fingerprint density at radius 3 is 3.00 bits per heavy atom. The van der Waals surface area contributed by atoms with Crippen molar-refractivity contribution in [3.05, 3.63) is 28.6 Å². The Labute approximate surface area is 83.6 Å². The lowest BCUT2D eigenvalue weighted by molar-refractivity contribution is 0.277. The lowest BCUT2D eigenvalue weighted by Gasteiger charge is -1.92. The number of rotatable bonds is 2. The molecule has 0 saturated heterocycles. The van der Waals surface area contributed by atoms with Gasteiger partial charge < -0.3 is 9.52 Å². The quantitative estimate of drug-likeness (QED) is 0.838. The molecule has 0 spiro atoms. The molecular formula is C8H6ClNO2S. The molecule has 2 aromatic heterocycles. The van der Waals surface area contributed by atoms with Crippen molar-refractivity contribution in [3.63, 3.8) is 0 Å². The first-order valence-electron chi connectivity index (χ1n) is 3.60. The summed E-state index contributed by atoms with van der Waals surface area (Å²) in [7, 11) is 0. The number of aliphatic hydroxyl groups is 1. The van der Waals surface area contributed by atoms with Crippen LogP contribution in [0.1, 0.15) is 5.69 Å². The van der Waals surface area contributed by atoms with Crippen LogP contribution in [0.5, 0.6) is 0 Å². The smallest absolute Gasteiger partial charge is 0.181 e. The molecule has 3 nitrogen and oxygen atoms in total. The highest BCUT2D eigenvalue weighted by Crippen LogP contribution is 2.32. The summed E-state index contributed by atoms with van der Waals surface area (Å²) in [5, 5.41) is 8.92. The van der Waals surface area contributed by atoms with E-state index < -0.39 is 0 Å². The number of oxazole rings is 1. The fourth-order valence-corrected chi connectivity index (χ4v) is 2.07. The molecule has 2 aromatic rings. The van der Waals surface area contributed by atoms with Crippen molar-refractivity contribution >= 4 is 22.9 Å². The van der Waals surface area contributed by atoms with Gasteiger partial charge in [-0.25, -0.2) is 4.98 Å². The highest BCUT2D eigenvalue weighted by molar-refractivity contribution is 7.19. The summed E-state index contributed by atoms with van der Waals surface area (Å²) in [6.45, 7) is -0.124. The third-order valence-electron chi connectivity index (χ3n) is 1.59. The van der Waals surface area contributed by atoms with E-state index in [9.17, 15) is 0 Å². The number of nitrogens with zero attached hydrogens (tertiary/aromatic N) is 1. The number of aromatic nitrogens is 1. The van der Waals surface area contributed by atoms with E-state index in [1.54, 1.807) is 6.07 Å². The number of halogens is 1. The van der Waals surface area contributed by atoms with Crippen LogP contribution in [0.25, 0.3) is 10.6 Å². The van der Waals surface area contributed by atoms with E-state index in [-0.39, 0.29) is 6.61 Å². The summed E-state index contributed by atoms with van der Waals surface area (Å²) < 4.78 is 5.83. The maximum Gasteiger partial charge on any atom is 0.181 e. The molecule has 0 unspecified atom stereocenters. The summed E-state index contributed by atoms with van der Waals surface area (Å²) >= 11 is 7.16. The Hall–Kier alpha value is -0.840. The van der Waals surface area contributed by atoms with Gasteiger partial charge >= 0.3 is 0 Å². The van der Waals surface area contributed by atoms with Crippen LogP contribution in [-0.2, 0) is 6.61 Å². The fourth-order valence-electron chi connectivity index (χ4n) is 1.02. The van der Waals surface area contributed by atoms with E-state index in [4.69, 9.17) is 21.1 Å². The summed E-state index contributed by atoms with van der Waals surface area (Å²) in [4.78, 5) is 4.75. The number of thiophene rings is 1. The predicted octanol–water partition coefficient (Wildman–Crippen LogP) is 2.55. The lowest BCUT2D eigenvalue weighted by Crippen LogP contribution is -1.84. The first-order chi connectivity index (χ1) is 6.31. The van der Waals surface area contributed by atoms with Gasteiger partial charge in [0.05, 0.1) is 15.8 Å². The van der Waals surface area contributed by atoms with Crippen LogP contribution in [0.15, 0.2) is 22.9 Å². The van der Waals surface area contributed by atoms with E-state index in [1.807, 2.05) is 6.07 Å². The van der Waals surface area contributed by atoms with Crippen LogP contribution in [-0.4, -0.2) is 10.1 Å². The molecule has 2 heterocycles. The molecule has 0 aliphatic carbocycles. The van der Waals surface area contributed by atoms with Gasteiger partial charge in [0.2, 0.25) is 0 Å². The van der Waals surface area contributed by atoms with Gasteiger partial charge in [-0.15, -0.1) is 11.3 Å². The van der Waals surface area contributed by atoms with E-state index in [2.05, 4.69) is 4.98 Å². The fraction of sp³-hybridized carbons (Fsp3) is 0.125. The third kappa shape index (κ3) is 1.60. The molecule has 68 valence electrons. The van der Waals surface area contributed by atoms with Crippen LogP contribution in [0.4, 0.5) is 0 Å². The molecule has 0 radical (unpaired) electrons. The second-order valence-corrected chi connectivity index (χ2v) is 4.11. The summed E-state index contributed by atoms with van der Waals surface area (Å²) in [5.74, 6) is 0.597. The Bertz CT molecular complexity index is 410. The Morgan fingerprint density at radius 2 is 2.38 bits per heavy atom. The van der Waals surface area contributed by atoms with Crippen molar-refractivity contribution in [1.82, 2.24) is 4.98 Å².